The number of rotatable bonds is 5. The number of benzene rings is 4. The van der Waals surface area contributed by atoms with Crippen molar-refractivity contribution in [2.24, 2.45) is 0 Å². The zero-order valence-electron chi connectivity index (χ0n) is 17.3. The highest BCUT2D eigenvalue weighted by Crippen LogP contribution is 2.34. The molecule has 0 bridgehead atoms. The first-order valence-electron chi connectivity index (χ1n) is 10.1. The fourth-order valence-electron chi connectivity index (χ4n) is 3.69. The second kappa shape index (κ2) is 8.61. The molecule has 0 fully saturated rings. The number of hydrogen-bond donors (Lipinski definition) is 0. The Hall–Kier alpha value is -3.41. The number of carbonyl (C=O) groups is 1. The number of anilines is 1. The molecule has 0 saturated carbocycles. The molecule has 0 aliphatic heterocycles. The van der Waals surface area contributed by atoms with Crippen LogP contribution in [0.25, 0.3) is 21.0 Å². The van der Waals surface area contributed by atoms with Crippen LogP contribution in [-0.4, -0.2) is 18.0 Å². The number of carbonyl (C=O) groups excluding carboxylic acids is 1. The minimum atomic E-state index is -0.165. The molecule has 158 valence electrons. The van der Waals surface area contributed by atoms with Gasteiger partial charge in [-0.2, -0.15) is 0 Å². The largest absolute Gasteiger partial charge is 0.496 e. The third-order valence-corrected chi connectivity index (χ3v) is 6.57. The smallest absolute Gasteiger partial charge is 0.264 e. The van der Waals surface area contributed by atoms with Gasteiger partial charge in [-0.05, 0) is 46.7 Å². The highest BCUT2D eigenvalue weighted by atomic mass is 35.5. The Balaban J connectivity index is 1.64. The number of aromatic nitrogens is 1. The third-order valence-electron chi connectivity index (χ3n) is 5.30. The Morgan fingerprint density at radius 2 is 1.69 bits per heavy atom. The van der Waals surface area contributed by atoms with Crippen LogP contribution in [0.4, 0.5) is 5.13 Å². The van der Waals surface area contributed by atoms with E-state index in [1.54, 1.807) is 12.0 Å². The first kappa shape index (κ1) is 20.5. The molecule has 1 aromatic heterocycles. The monoisotopic (exact) mass is 458 g/mol. The van der Waals surface area contributed by atoms with Crippen LogP contribution >= 0.6 is 22.9 Å². The molecule has 0 saturated heterocycles. The SMILES string of the molecule is COc1cc2ccccc2cc1C(=O)N(Cc1ccccc1)c1nc2ccc(Cl)cc2s1. The summed E-state index contributed by atoms with van der Waals surface area (Å²) in [5, 5.41) is 3.26. The summed E-state index contributed by atoms with van der Waals surface area (Å²) in [5.41, 5.74) is 2.32. The number of methoxy groups -OCH3 is 1. The normalized spacial score (nSPS) is 11.1. The molecule has 5 rings (SSSR count). The summed E-state index contributed by atoms with van der Waals surface area (Å²) in [6.45, 7) is 0.392. The van der Waals surface area contributed by atoms with Gasteiger partial charge in [0.25, 0.3) is 5.91 Å². The molecule has 0 aliphatic carbocycles. The van der Waals surface area contributed by atoms with Crippen molar-refractivity contribution in [1.82, 2.24) is 4.98 Å². The van der Waals surface area contributed by atoms with E-state index >= 15 is 0 Å². The lowest BCUT2D eigenvalue weighted by Gasteiger charge is -2.21. The van der Waals surface area contributed by atoms with E-state index in [0.29, 0.717) is 28.0 Å². The molecule has 4 aromatic carbocycles. The van der Waals surface area contributed by atoms with Crippen molar-refractivity contribution in [3.05, 3.63) is 101 Å². The maximum Gasteiger partial charge on any atom is 0.264 e. The minimum Gasteiger partial charge on any atom is -0.496 e. The maximum absolute atomic E-state index is 13.9. The Morgan fingerprint density at radius 3 is 2.44 bits per heavy atom. The molecule has 0 spiro atoms. The van der Waals surface area contributed by atoms with Crippen LogP contribution in [-0.2, 0) is 6.54 Å². The van der Waals surface area contributed by atoms with E-state index in [-0.39, 0.29) is 5.91 Å². The van der Waals surface area contributed by atoms with Gasteiger partial charge in [-0.25, -0.2) is 4.98 Å². The predicted molar refractivity (Wildman–Crippen MR) is 132 cm³/mol. The van der Waals surface area contributed by atoms with Gasteiger partial charge in [0, 0.05) is 5.02 Å². The molecule has 0 radical (unpaired) electrons. The topological polar surface area (TPSA) is 42.4 Å². The van der Waals surface area contributed by atoms with Gasteiger partial charge >= 0.3 is 0 Å². The van der Waals surface area contributed by atoms with E-state index in [4.69, 9.17) is 21.3 Å². The quantitative estimate of drug-likeness (QED) is 0.286. The van der Waals surface area contributed by atoms with E-state index in [1.807, 2.05) is 84.9 Å². The van der Waals surface area contributed by atoms with Gasteiger partial charge in [-0.1, -0.05) is 77.5 Å². The Kier molecular flexibility index (Phi) is 5.52. The van der Waals surface area contributed by atoms with Crippen molar-refractivity contribution < 1.29 is 9.53 Å². The number of halogens is 1. The molecule has 0 unspecified atom stereocenters. The van der Waals surface area contributed by atoms with Crippen molar-refractivity contribution in [3.8, 4) is 5.75 Å². The molecular formula is C26H19ClN2O2S. The van der Waals surface area contributed by atoms with Gasteiger partial charge in [0.15, 0.2) is 5.13 Å². The lowest BCUT2D eigenvalue weighted by atomic mass is 10.0. The summed E-state index contributed by atoms with van der Waals surface area (Å²) in [6.07, 6.45) is 0. The van der Waals surface area contributed by atoms with Gasteiger partial charge in [0.2, 0.25) is 0 Å². The Bertz CT molecular complexity index is 1430. The van der Waals surface area contributed by atoms with Gasteiger partial charge < -0.3 is 4.74 Å². The molecule has 6 heteroatoms. The summed E-state index contributed by atoms with van der Waals surface area (Å²) in [4.78, 5) is 20.4. The summed E-state index contributed by atoms with van der Waals surface area (Å²) < 4.78 is 6.54. The number of ether oxygens (including phenoxy) is 1. The molecule has 0 atom stereocenters. The molecule has 32 heavy (non-hydrogen) atoms. The number of thiazole rings is 1. The standard InChI is InChI=1S/C26H19ClN2O2S/c1-31-23-14-19-10-6-5-9-18(19)13-21(23)25(30)29(16-17-7-3-2-4-8-17)26-28-22-12-11-20(27)15-24(22)32-26/h2-15H,16H2,1H3. The minimum absolute atomic E-state index is 0.165. The van der Waals surface area contributed by atoms with E-state index < -0.39 is 0 Å². The van der Waals surface area contributed by atoms with E-state index in [9.17, 15) is 4.79 Å². The summed E-state index contributed by atoms with van der Waals surface area (Å²) in [5.74, 6) is 0.373. The van der Waals surface area contributed by atoms with Crippen LogP contribution in [0.15, 0.2) is 84.9 Å². The van der Waals surface area contributed by atoms with Crippen LogP contribution in [0.3, 0.4) is 0 Å². The van der Waals surface area contributed by atoms with Crippen LogP contribution in [0, 0.1) is 0 Å². The fourth-order valence-corrected chi connectivity index (χ4v) is 4.93. The zero-order valence-corrected chi connectivity index (χ0v) is 18.9. The van der Waals surface area contributed by atoms with Crippen molar-refractivity contribution in [2.75, 3.05) is 12.0 Å². The number of nitrogens with zero attached hydrogens (tertiary/aromatic N) is 2. The van der Waals surface area contributed by atoms with Crippen molar-refractivity contribution in [3.63, 3.8) is 0 Å². The van der Waals surface area contributed by atoms with Crippen molar-refractivity contribution >= 4 is 55.0 Å². The number of fused-ring (bicyclic) bond motifs is 2. The molecule has 0 N–H and O–H groups in total. The average Bonchev–Trinajstić information content (AvgIpc) is 3.24. The van der Waals surface area contributed by atoms with Gasteiger partial charge in [0.1, 0.15) is 5.75 Å². The number of hydrogen-bond acceptors (Lipinski definition) is 4. The summed E-state index contributed by atoms with van der Waals surface area (Å²) in [7, 11) is 1.59. The first-order valence-corrected chi connectivity index (χ1v) is 11.3. The van der Waals surface area contributed by atoms with Gasteiger partial charge in [0.05, 0.1) is 29.4 Å². The molecule has 5 aromatic rings. The highest BCUT2D eigenvalue weighted by molar-refractivity contribution is 7.22. The average molecular weight is 459 g/mol. The molecule has 4 nitrogen and oxygen atoms in total. The summed E-state index contributed by atoms with van der Waals surface area (Å²) in [6, 6.07) is 27.2. The van der Waals surface area contributed by atoms with E-state index in [2.05, 4.69) is 0 Å². The van der Waals surface area contributed by atoms with Gasteiger partial charge in [-0.3, -0.25) is 9.69 Å². The maximum atomic E-state index is 13.9. The summed E-state index contributed by atoms with van der Waals surface area (Å²) >= 11 is 7.62. The first-order chi connectivity index (χ1) is 15.6. The second-order valence-corrected chi connectivity index (χ2v) is 8.83. The van der Waals surface area contributed by atoms with Crippen LogP contribution < -0.4 is 9.64 Å². The van der Waals surface area contributed by atoms with Crippen molar-refractivity contribution in [2.45, 2.75) is 6.54 Å². The Labute approximate surface area is 194 Å². The van der Waals surface area contributed by atoms with Crippen LogP contribution in [0.2, 0.25) is 5.02 Å². The molecule has 1 heterocycles. The second-order valence-electron chi connectivity index (χ2n) is 7.39. The molecule has 1 amide bonds. The van der Waals surface area contributed by atoms with Crippen LogP contribution in [0.1, 0.15) is 15.9 Å². The lowest BCUT2D eigenvalue weighted by Crippen LogP contribution is -2.30. The van der Waals surface area contributed by atoms with Crippen molar-refractivity contribution in [1.29, 1.82) is 0 Å². The lowest BCUT2D eigenvalue weighted by molar-refractivity contribution is 0.0982. The van der Waals surface area contributed by atoms with E-state index in [1.165, 1.54) is 11.3 Å². The van der Waals surface area contributed by atoms with E-state index in [0.717, 1.165) is 26.6 Å². The number of amides is 1. The highest BCUT2D eigenvalue weighted by Gasteiger charge is 2.25. The third kappa shape index (κ3) is 3.93. The fraction of sp³-hybridized carbons (Fsp3) is 0.0769. The predicted octanol–water partition coefficient (Wildman–Crippen LogP) is 6.96. The Morgan fingerprint density at radius 1 is 0.969 bits per heavy atom. The van der Waals surface area contributed by atoms with Crippen LogP contribution in [0.5, 0.6) is 5.75 Å². The van der Waals surface area contributed by atoms with Gasteiger partial charge in [-0.15, -0.1) is 0 Å². The molecular weight excluding hydrogens is 440 g/mol. The molecule has 0 aliphatic rings. The zero-order chi connectivity index (χ0) is 22.1.